The first-order valence-corrected chi connectivity index (χ1v) is 10.7. The fourth-order valence-corrected chi connectivity index (χ4v) is 5.47. The third-order valence-electron chi connectivity index (χ3n) is 5.16. The highest BCUT2D eigenvalue weighted by molar-refractivity contribution is 7.91. The second-order valence-corrected chi connectivity index (χ2v) is 9.10. The van der Waals surface area contributed by atoms with Gasteiger partial charge in [-0.15, -0.1) is 0 Å². The molecule has 3 aromatic rings. The lowest BCUT2D eigenvalue weighted by Gasteiger charge is -2.25. The van der Waals surface area contributed by atoms with E-state index < -0.39 is 9.84 Å². The van der Waals surface area contributed by atoms with Crippen LogP contribution in [0.3, 0.4) is 0 Å². The molecular weight excluding hydrogens is 350 g/mol. The average molecular weight is 373 g/mol. The fourth-order valence-electron chi connectivity index (χ4n) is 3.71. The van der Waals surface area contributed by atoms with Crippen molar-refractivity contribution in [2.24, 2.45) is 7.05 Å². The highest BCUT2D eigenvalue weighted by atomic mass is 32.2. The highest BCUT2D eigenvalue weighted by Crippen LogP contribution is 2.27. The molecular formula is C19H23N3O3S. The number of hydrogen-bond donors (Lipinski definition) is 0. The van der Waals surface area contributed by atoms with Gasteiger partial charge in [-0.1, -0.05) is 19.1 Å². The molecule has 2 aromatic heterocycles. The molecule has 1 aliphatic rings. The minimum atomic E-state index is -2.89. The van der Waals surface area contributed by atoms with E-state index in [4.69, 9.17) is 4.42 Å². The predicted octanol–water partition coefficient (Wildman–Crippen LogP) is 2.84. The molecule has 4 rings (SSSR count). The van der Waals surface area contributed by atoms with E-state index >= 15 is 0 Å². The van der Waals surface area contributed by atoms with E-state index in [1.165, 1.54) is 0 Å². The smallest absolute Gasteiger partial charge is 0.176 e. The van der Waals surface area contributed by atoms with Gasteiger partial charge < -0.3 is 8.98 Å². The summed E-state index contributed by atoms with van der Waals surface area (Å²) in [6.07, 6.45) is 0.703. The van der Waals surface area contributed by atoms with E-state index in [2.05, 4.69) is 16.8 Å². The topological polar surface area (TPSA) is 68.3 Å². The maximum absolute atomic E-state index is 11.8. The molecule has 1 saturated heterocycles. The molecule has 0 spiro atoms. The van der Waals surface area contributed by atoms with Gasteiger partial charge in [0.25, 0.3) is 0 Å². The number of hydrogen-bond acceptors (Lipinski definition) is 5. The molecule has 0 aliphatic carbocycles. The second kappa shape index (κ2) is 6.55. The Morgan fingerprint density at radius 1 is 1.27 bits per heavy atom. The summed E-state index contributed by atoms with van der Waals surface area (Å²) in [5.74, 6) is 2.90. The van der Waals surface area contributed by atoms with Crippen LogP contribution >= 0.6 is 0 Å². The third kappa shape index (κ3) is 3.17. The van der Waals surface area contributed by atoms with Crippen molar-refractivity contribution in [1.82, 2.24) is 14.5 Å². The summed E-state index contributed by atoms with van der Waals surface area (Å²) in [5.41, 5.74) is 2.00. The Bertz CT molecular complexity index is 1040. The SMILES string of the molecule is CCN(Cc1ccc(-c2nc3ccccc3n2C)o1)[C@H]1CCS(=O)(=O)C1. The van der Waals surface area contributed by atoms with Gasteiger partial charge in [0, 0.05) is 13.1 Å². The zero-order chi connectivity index (χ0) is 18.3. The largest absolute Gasteiger partial charge is 0.456 e. The van der Waals surface area contributed by atoms with E-state index in [1.807, 2.05) is 48.0 Å². The number of imidazole rings is 1. The van der Waals surface area contributed by atoms with Crippen LogP contribution in [-0.4, -0.2) is 47.0 Å². The first-order chi connectivity index (χ1) is 12.5. The van der Waals surface area contributed by atoms with Gasteiger partial charge >= 0.3 is 0 Å². The minimum absolute atomic E-state index is 0.0781. The molecule has 0 unspecified atom stereocenters. The fraction of sp³-hybridized carbons (Fsp3) is 0.421. The maximum atomic E-state index is 11.8. The Morgan fingerprint density at radius 3 is 2.77 bits per heavy atom. The number of benzene rings is 1. The molecule has 0 saturated carbocycles. The number of fused-ring (bicyclic) bond motifs is 1. The van der Waals surface area contributed by atoms with Crippen molar-refractivity contribution < 1.29 is 12.8 Å². The zero-order valence-corrected chi connectivity index (χ0v) is 15.9. The summed E-state index contributed by atoms with van der Waals surface area (Å²) in [6, 6.07) is 12.0. The number of aryl methyl sites for hydroxylation is 1. The lowest BCUT2D eigenvalue weighted by atomic mass is 10.2. The summed E-state index contributed by atoms with van der Waals surface area (Å²) < 4.78 is 31.6. The van der Waals surface area contributed by atoms with E-state index in [1.54, 1.807) is 0 Å². The summed E-state index contributed by atoms with van der Waals surface area (Å²) in [7, 11) is -0.906. The zero-order valence-electron chi connectivity index (χ0n) is 15.1. The van der Waals surface area contributed by atoms with Crippen LogP contribution in [0.1, 0.15) is 19.1 Å². The summed E-state index contributed by atoms with van der Waals surface area (Å²) >= 11 is 0. The molecule has 0 amide bonds. The van der Waals surface area contributed by atoms with E-state index in [0.29, 0.717) is 13.0 Å². The van der Waals surface area contributed by atoms with Gasteiger partial charge in [-0.05, 0) is 37.2 Å². The maximum Gasteiger partial charge on any atom is 0.176 e. The van der Waals surface area contributed by atoms with Crippen LogP contribution in [0.2, 0.25) is 0 Å². The molecule has 0 N–H and O–H groups in total. The summed E-state index contributed by atoms with van der Waals surface area (Å²) in [5, 5.41) is 0. The average Bonchev–Trinajstić information content (AvgIpc) is 3.31. The Labute approximate surface area is 153 Å². The van der Waals surface area contributed by atoms with Crippen LogP contribution in [-0.2, 0) is 23.4 Å². The lowest BCUT2D eigenvalue weighted by molar-refractivity contribution is 0.199. The molecule has 0 radical (unpaired) electrons. The first-order valence-electron chi connectivity index (χ1n) is 8.92. The number of sulfone groups is 1. The van der Waals surface area contributed by atoms with Crippen LogP contribution in [0, 0.1) is 0 Å². The monoisotopic (exact) mass is 373 g/mol. The molecule has 3 heterocycles. The van der Waals surface area contributed by atoms with E-state index in [0.717, 1.165) is 34.9 Å². The minimum Gasteiger partial charge on any atom is -0.456 e. The Morgan fingerprint density at radius 2 is 2.08 bits per heavy atom. The Balaban J connectivity index is 1.56. The van der Waals surface area contributed by atoms with E-state index in [-0.39, 0.29) is 17.5 Å². The number of nitrogens with zero attached hydrogens (tertiary/aromatic N) is 3. The van der Waals surface area contributed by atoms with Crippen molar-refractivity contribution in [3.8, 4) is 11.6 Å². The molecule has 7 heteroatoms. The Kier molecular flexibility index (Phi) is 4.36. The normalized spacial score (nSPS) is 19.6. The van der Waals surface area contributed by atoms with Gasteiger partial charge in [0.1, 0.15) is 5.76 Å². The summed E-state index contributed by atoms with van der Waals surface area (Å²) in [6.45, 7) is 3.46. The van der Waals surface area contributed by atoms with Crippen LogP contribution < -0.4 is 0 Å². The van der Waals surface area contributed by atoms with Crippen LogP contribution in [0.4, 0.5) is 0 Å². The van der Waals surface area contributed by atoms with Crippen molar-refractivity contribution >= 4 is 20.9 Å². The van der Waals surface area contributed by atoms with Crippen molar-refractivity contribution in [3.05, 3.63) is 42.2 Å². The van der Waals surface area contributed by atoms with Gasteiger partial charge in [0.2, 0.25) is 0 Å². The molecule has 138 valence electrons. The molecule has 1 aromatic carbocycles. The van der Waals surface area contributed by atoms with Crippen molar-refractivity contribution in [1.29, 1.82) is 0 Å². The molecule has 0 bridgehead atoms. The van der Waals surface area contributed by atoms with Gasteiger partial charge in [0.05, 0.1) is 29.1 Å². The standard InChI is InChI=1S/C19H23N3O3S/c1-3-22(14-10-11-26(23,24)13-14)12-15-8-9-18(25-15)19-20-16-6-4-5-7-17(16)21(19)2/h4-9,14H,3,10-13H2,1-2H3/t14-/m0/s1. The molecule has 1 atom stereocenters. The number of para-hydroxylation sites is 2. The van der Waals surface area contributed by atoms with Crippen LogP contribution in [0.15, 0.2) is 40.8 Å². The van der Waals surface area contributed by atoms with E-state index in [9.17, 15) is 8.42 Å². The predicted molar refractivity (Wildman–Crippen MR) is 102 cm³/mol. The van der Waals surface area contributed by atoms with Crippen LogP contribution in [0.25, 0.3) is 22.6 Å². The number of furan rings is 1. The summed E-state index contributed by atoms with van der Waals surface area (Å²) in [4.78, 5) is 6.85. The van der Waals surface area contributed by atoms with Gasteiger partial charge in [-0.25, -0.2) is 13.4 Å². The van der Waals surface area contributed by atoms with Crippen molar-refractivity contribution in [2.45, 2.75) is 25.9 Å². The number of aromatic nitrogens is 2. The van der Waals surface area contributed by atoms with Crippen molar-refractivity contribution in [3.63, 3.8) is 0 Å². The molecule has 1 aliphatic heterocycles. The molecule has 1 fully saturated rings. The second-order valence-electron chi connectivity index (χ2n) is 6.87. The first kappa shape index (κ1) is 17.3. The highest BCUT2D eigenvalue weighted by Gasteiger charge is 2.32. The van der Waals surface area contributed by atoms with Crippen LogP contribution in [0.5, 0.6) is 0 Å². The third-order valence-corrected chi connectivity index (χ3v) is 6.91. The van der Waals surface area contributed by atoms with Gasteiger partial charge in [-0.2, -0.15) is 0 Å². The molecule has 26 heavy (non-hydrogen) atoms. The Hall–Kier alpha value is -2.12. The van der Waals surface area contributed by atoms with Crippen molar-refractivity contribution in [2.75, 3.05) is 18.1 Å². The van der Waals surface area contributed by atoms with Gasteiger partial charge in [0.15, 0.2) is 21.4 Å². The number of rotatable bonds is 5. The van der Waals surface area contributed by atoms with Gasteiger partial charge in [-0.3, -0.25) is 4.90 Å². The molecule has 6 nitrogen and oxygen atoms in total. The lowest BCUT2D eigenvalue weighted by Crippen LogP contribution is -2.35. The quantitative estimate of drug-likeness (QED) is 0.688.